The van der Waals surface area contributed by atoms with Gasteiger partial charge >= 0.3 is 11.8 Å². The maximum Gasteiger partial charge on any atom is 0.309 e. The highest BCUT2D eigenvalue weighted by Gasteiger charge is 2.15. The van der Waals surface area contributed by atoms with Crippen LogP contribution in [0.2, 0.25) is 0 Å². The van der Waals surface area contributed by atoms with Crippen LogP contribution in [0.5, 0.6) is 0 Å². The molecule has 5 heteroatoms. The van der Waals surface area contributed by atoms with E-state index in [0.29, 0.717) is 12.4 Å². The number of nitrogens with one attached hydrogen (secondary N) is 1. The molecule has 18 heavy (non-hydrogen) atoms. The lowest BCUT2D eigenvalue weighted by atomic mass is 10.2. The summed E-state index contributed by atoms with van der Waals surface area (Å²) in [6.07, 6.45) is 0. The summed E-state index contributed by atoms with van der Waals surface area (Å²) in [7, 11) is 0. The zero-order valence-electron chi connectivity index (χ0n) is 10.4. The molecule has 5 nitrogen and oxygen atoms in total. The Morgan fingerprint density at radius 2 is 2.00 bits per heavy atom. The lowest BCUT2D eigenvalue weighted by Gasteiger charge is -2.01. The number of carbonyl (C=O) groups excluding carboxylic acids is 1. The topological polar surface area (TPSA) is 68.0 Å². The molecule has 0 saturated carbocycles. The first-order valence-corrected chi connectivity index (χ1v) is 5.82. The van der Waals surface area contributed by atoms with Crippen LogP contribution in [0.25, 0.3) is 0 Å². The molecule has 0 bridgehead atoms. The number of hydrogen-bond acceptors (Lipinski definition) is 4. The molecular weight excluding hydrogens is 230 g/mol. The Morgan fingerprint density at radius 3 is 2.61 bits per heavy atom. The number of amides is 1. The van der Waals surface area contributed by atoms with Gasteiger partial charge in [0.25, 0.3) is 0 Å². The molecule has 0 atom stereocenters. The molecule has 0 radical (unpaired) electrons. The summed E-state index contributed by atoms with van der Waals surface area (Å²) in [4.78, 5) is 11.7. The third-order valence-electron chi connectivity index (χ3n) is 2.42. The number of benzene rings is 1. The summed E-state index contributed by atoms with van der Waals surface area (Å²) in [5.41, 5.74) is 1.02. The van der Waals surface area contributed by atoms with Gasteiger partial charge in [-0.25, -0.2) is 0 Å². The summed E-state index contributed by atoms with van der Waals surface area (Å²) in [5, 5.41) is 10.3. The van der Waals surface area contributed by atoms with Crippen molar-refractivity contribution >= 4 is 5.91 Å². The van der Waals surface area contributed by atoms with Gasteiger partial charge in [-0.05, 0) is 5.56 Å². The molecule has 0 aliphatic carbocycles. The van der Waals surface area contributed by atoms with Gasteiger partial charge in [-0.1, -0.05) is 44.2 Å². The van der Waals surface area contributed by atoms with Crippen LogP contribution in [0.3, 0.4) is 0 Å². The Morgan fingerprint density at radius 1 is 1.28 bits per heavy atom. The van der Waals surface area contributed by atoms with Crippen LogP contribution in [0, 0.1) is 0 Å². The first-order valence-electron chi connectivity index (χ1n) is 5.82. The normalized spacial score (nSPS) is 10.6. The number of nitrogens with zero attached hydrogens (tertiary/aromatic N) is 2. The molecule has 1 heterocycles. The summed E-state index contributed by atoms with van der Waals surface area (Å²) < 4.78 is 5.26. The van der Waals surface area contributed by atoms with E-state index in [1.165, 1.54) is 0 Å². The molecule has 1 N–H and O–H groups in total. The van der Waals surface area contributed by atoms with Crippen LogP contribution < -0.4 is 5.32 Å². The maximum absolute atomic E-state index is 11.7. The van der Waals surface area contributed by atoms with Crippen LogP contribution in [0.1, 0.15) is 41.9 Å². The van der Waals surface area contributed by atoms with E-state index in [-0.39, 0.29) is 17.7 Å². The lowest BCUT2D eigenvalue weighted by Crippen LogP contribution is -2.23. The maximum atomic E-state index is 11.7. The molecule has 0 unspecified atom stereocenters. The van der Waals surface area contributed by atoms with Gasteiger partial charge in [-0.15, -0.1) is 10.2 Å². The Balaban J connectivity index is 1.95. The van der Waals surface area contributed by atoms with Gasteiger partial charge in [0.2, 0.25) is 5.89 Å². The van der Waals surface area contributed by atoms with E-state index in [1.54, 1.807) is 0 Å². The highest BCUT2D eigenvalue weighted by molar-refractivity contribution is 5.89. The van der Waals surface area contributed by atoms with Crippen LogP contribution in [0.4, 0.5) is 0 Å². The average Bonchev–Trinajstić information content (AvgIpc) is 2.87. The number of carbonyl (C=O) groups is 1. The van der Waals surface area contributed by atoms with Crippen molar-refractivity contribution in [1.29, 1.82) is 0 Å². The standard InChI is InChI=1S/C13H15N3O2/c1-9(2)12-15-16-13(18-12)11(17)14-8-10-6-4-3-5-7-10/h3-7,9H,8H2,1-2H3,(H,14,17). The smallest absolute Gasteiger partial charge is 0.309 e. The molecule has 1 aromatic heterocycles. The molecule has 0 fully saturated rings. The zero-order valence-corrected chi connectivity index (χ0v) is 10.4. The van der Waals surface area contributed by atoms with Gasteiger partial charge in [0.05, 0.1) is 0 Å². The third-order valence-corrected chi connectivity index (χ3v) is 2.42. The number of aromatic nitrogens is 2. The first kappa shape index (κ1) is 12.3. The van der Waals surface area contributed by atoms with E-state index >= 15 is 0 Å². The van der Waals surface area contributed by atoms with Crippen LogP contribution in [0.15, 0.2) is 34.7 Å². The Bertz CT molecular complexity index is 520. The Labute approximate surface area is 105 Å². The minimum atomic E-state index is -0.349. The zero-order chi connectivity index (χ0) is 13.0. The average molecular weight is 245 g/mol. The number of hydrogen-bond donors (Lipinski definition) is 1. The SMILES string of the molecule is CC(C)c1nnc(C(=O)NCc2ccccc2)o1. The van der Waals surface area contributed by atoms with Gasteiger partial charge in [0, 0.05) is 12.5 Å². The van der Waals surface area contributed by atoms with E-state index in [4.69, 9.17) is 4.42 Å². The molecule has 2 aromatic rings. The second kappa shape index (κ2) is 5.44. The first-order chi connectivity index (χ1) is 8.66. The molecular formula is C13H15N3O2. The minimum Gasteiger partial charge on any atom is -0.417 e. The second-order valence-corrected chi connectivity index (χ2v) is 4.27. The fourth-order valence-electron chi connectivity index (χ4n) is 1.41. The summed E-state index contributed by atoms with van der Waals surface area (Å²) in [6.45, 7) is 4.30. The van der Waals surface area contributed by atoms with Crippen LogP contribution in [-0.2, 0) is 6.54 Å². The van der Waals surface area contributed by atoms with E-state index < -0.39 is 0 Å². The van der Waals surface area contributed by atoms with Crippen molar-refractivity contribution in [3.63, 3.8) is 0 Å². The molecule has 0 spiro atoms. The monoisotopic (exact) mass is 245 g/mol. The third kappa shape index (κ3) is 2.94. The van der Waals surface area contributed by atoms with Gasteiger partial charge in [-0.2, -0.15) is 0 Å². The van der Waals surface area contributed by atoms with Crippen LogP contribution >= 0.6 is 0 Å². The number of rotatable bonds is 4. The molecule has 0 aliphatic heterocycles. The summed E-state index contributed by atoms with van der Waals surface area (Å²) in [6, 6.07) is 9.65. The van der Waals surface area contributed by atoms with Crippen molar-refractivity contribution in [2.24, 2.45) is 0 Å². The van der Waals surface area contributed by atoms with Crippen molar-refractivity contribution in [1.82, 2.24) is 15.5 Å². The molecule has 2 rings (SSSR count). The minimum absolute atomic E-state index is 0.00892. The fraction of sp³-hybridized carbons (Fsp3) is 0.308. The van der Waals surface area contributed by atoms with Crippen molar-refractivity contribution in [3.05, 3.63) is 47.7 Å². The highest BCUT2D eigenvalue weighted by atomic mass is 16.4. The van der Waals surface area contributed by atoms with Crippen molar-refractivity contribution in [2.75, 3.05) is 0 Å². The van der Waals surface area contributed by atoms with E-state index in [9.17, 15) is 4.79 Å². The molecule has 94 valence electrons. The molecule has 0 aliphatic rings. The van der Waals surface area contributed by atoms with Gasteiger partial charge in [0.15, 0.2) is 0 Å². The van der Waals surface area contributed by atoms with Crippen molar-refractivity contribution in [3.8, 4) is 0 Å². The van der Waals surface area contributed by atoms with E-state index in [0.717, 1.165) is 5.56 Å². The van der Waals surface area contributed by atoms with Crippen LogP contribution in [-0.4, -0.2) is 16.1 Å². The molecule has 1 aromatic carbocycles. The summed E-state index contributed by atoms with van der Waals surface area (Å²) in [5.74, 6) is 0.251. The Hall–Kier alpha value is -2.17. The lowest BCUT2D eigenvalue weighted by molar-refractivity contribution is 0.0914. The van der Waals surface area contributed by atoms with Gasteiger partial charge < -0.3 is 9.73 Å². The second-order valence-electron chi connectivity index (χ2n) is 4.27. The van der Waals surface area contributed by atoms with Gasteiger partial charge in [-0.3, -0.25) is 4.79 Å². The highest BCUT2D eigenvalue weighted by Crippen LogP contribution is 2.11. The van der Waals surface area contributed by atoms with Crippen molar-refractivity contribution in [2.45, 2.75) is 26.3 Å². The fourth-order valence-corrected chi connectivity index (χ4v) is 1.41. The molecule has 0 saturated heterocycles. The quantitative estimate of drug-likeness (QED) is 0.895. The summed E-state index contributed by atoms with van der Waals surface area (Å²) >= 11 is 0. The van der Waals surface area contributed by atoms with Crippen molar-refractivity contribution < 1.29 is 9.21 Å². The predicted molar refractivity (Wildman–Crippen MR) is 66.0 cm³/mol. The predicted octanol–water partition coefficient (Wildman–Crippen LogP) is 2.12. The van der Waals surface area contributed by atoms with E-state index in [2.05, 4.69) is 15.5 Å². The molecule has 1 amide bonds. The Kier molecular flexibility index (Phi) is 3.72. The van der Waals surface area contributed by atoms with E-state index in [1.807, 2.05) is 44.2 Å². The largest absolute Gasteiger partial charge is 0.417 e. The van der Waals surface area contributed by atoms with Gasteiger partial charge in [0.1, 0.15) is 0 Å².